The molecule has 0 saturated heterocycles. The van der Waals surface area contributed by atoms with Crippen LogP contribution < -0.4 is 10.9 Å². The van der Waals surface area contributed by atoms with Gasteiger partial charge in [0, 0.05) is 29.1 Å². The summed E-state index contributed by atoms with van der Waals surface area (Å²) in [7, 11) is 0. The van der Waals surface area contributed by atoms with Crippen LogP contribution in [0.5, 0.6) is 0 Å². The van der Waals surface area contributed by atoms with Crippen molar-refractivity contribution in [2.24, 2.45) is 0 Å². The van der Waals surface area contributed by atoms with Gasteiger partial charge in [-0.25, -0.2) is 4.98 Å². The SMILES string of the molecule is CSc1cccc(NC(=O)CSc2nc3c(oc4ccccc43)c(=O)n2CCCOC(C)C)c1. The molecule has 0 radical (unpaired) electrons. The molecule has 0 saturated carbocycles. The molecule has 1 N–H and O–H groups in total. The van der Waals surface area contributed by atoms with E-state index >= 15 is 0 Å². The van der Waals surface area contributed by atoms with Gasteiger partial charge in [-0.15, -0.1) is 11.8 Å². The van der Waals surface area contributed by atoms with Gasteiger partial charge in [-0.1, -0.05) is 30.0 Å². The maximum absolute atomic E-state index is 13.3. The van der Waals surface area contributed by atoms with Gasteiger partial charge in [0.1, 0.15) is 11.1 Å². The Kier molecular flexibility index (Phi) is 7.97. The molecule has 0 aliphatic rings. The minimum Gasteiger partial charge on any atom is -0.448 e. The van der Waals surface area contributed by atoms with Crippen LogP contribution in [0.25, 0.3) is 22.1 Å². The highest BCUT2D eigenvalue weighted by Gasteiger charge is 2.18. The van der Waals surface area contributed by atoms with Crippen LogP contribution in [0.2, 0.25) is 0 Å². The Morgan fingerprint density at radius 2 is 2.03 bits per heavy atom. The molecule has 34 heavy (non-hydrogen) atoms. The van der Waals surface area contributed by atoms with Crippen molar-refractivity contribution >= 4 is 57.2 Å². The lowest BCUT2D eigenvalue weighted by molar-refractivity contribution is -0.113. The first-order valence-corrected chi connectivity index (χ1v) is 13.3. The normalized spacial score (nSPS) is 11.5. The van der Waals surface area contributed by atoms with Gasteiger partial charge in [-0.3, -0.25) is 14.2 Å². The summed E-state index contributed by atoms with van der Waals surface area (Å²) in [4.78, 5) is 31.8. The Bertz CT molecular complexity index is 1360. The predicted octanol–water partition coefficient (Wildman–Crippen LogP) is 5.41. The van der Waals surface area contributed by atoms with Crippen LogP contribution >= 0.6 is 23.5 Å². The third-order valence-corrected chi connectivity index (χ3v) is 6.81. The van der Waals surface area contributed by atoms with Crippen LogP contribution in [0.4, 0.5) is 5.69 Å². The lowest BCUT2D eigenvalue weighted by Gasteiger charge is -2.13. The molecular formula is C25H27N3O4S2. The number of aromatic nitrogens is 2. The predicted molar refractivity (Wildman–Crippen MR) is 139 cm³/mol. The molecule has 0 bridgehead atoms. The van der Waals surface area contributed by atoms with Gasteiger partial charge in [-0.2, -0.15) is 0 Å². The Hall–Kier alpha value is -2.75. The molecular weight excluding hydrogens is 470 g/mol. The van der Waals surface area contributed by atoms with E-state index in [9.17, 15) is 9.59 Å². The first kappa shape index (κ1) is 24.4. The van der Waals surface area contributed by atoms with Crippen LogP contribution in [0, 0.1) is 0 Å². The highest BCUT2D eigenvalue weighted by atomic mass is 32.2. The largest absolute Gasteiger partial charge is 0.448 e. The third-order valence-electron chi connectivity index (χ3n) is 5.11. The summed E-state index contributed by atoms with van der Waals surface area (Å²) < 4.78 is 13.0. The molecule has 1 amide bonds. The molecule has 178 valence electrons. The first-order valence-electron chi connectivity index (χ1n) is 11.1. The van der Waals surface area contributed by atoms with E-state index in [1.165, 1.54) is 11.8 Å². The van der Waals surface area contributed by atoms with E-state index in [1.54, 1.807) is 16.3 Å². The number of thioether (sulfide) groups is 2. The quantitative estimate of drug-likeness (QED) is 0.178. The van der Waals surface area contributed by atoms with Crippen molar-refractivity contribution in [2.45, 2.75) is 43.0 Å². The highest BCUT2D eigenvalue weighted by molar-refractivity contribution is 7.99. The fourth-order valence-electron chi connectivity index (χ4n) is 3.53. The van der Waals surface area contributed by atoms with Crippen LogP contribution in [0.1, 0.15) is 20.3 Å². The molecule has 7 nitrogen and oxygen atoms in total. The van der Waals surface area contributed by atoms with Crippen LogP contribution in [0.15, 0.2) is 67.8 Å². The second kappa shape index (κ2) is 11.1. The Balaban J connectivity index is 1.59. The van der Waals surface area contributed by atoms with Gasteiger partial charge >= 0.3 is 0 Å². The molecule has 2 aromatic heterocycles. The van der Waals surface area contributed by atoms with E-state index in [-0.39, 0.29) is 28.9 Å². The monoisotopic (exact) mass is 497 g/mol. The van der Waals surface area contributed by atoms with E-state index in [2.05, 4.69) is 5.32 Å². The second-order valence-electron chi connectivity index (χ2n) is 7.97. The summed E-state index contributed by atoms with van der Waals surface area (Å²) in [6.45, 7) is 4.90. The highest BCUT2D eigenvalue weighted by Crippen LogP contribution is 2.27. The first-order chi connectivity index (χ1) is 16.5. The fraction of sp³-hybridized carbons (Fsp3) is 0.320. The van der Waals surface area contributed by atoms with E-state index in [1.807, 2.05) is 68.6 Å². The number of nitrogens with zero attached hydrogens (tertiary/aromatic N) is 2. The Morgan fingerprint density at radius 1 is 1.21 bits per heavy atom. The summed E-state index contributed by atoms with van der Waals surface area (Å²) in [5, 5.41) is 4.19. The van der Waals surface area contributed by atoms with Gasteiger partial charge in [0.15, 0.2) is 5.16 Å². The summed E-state index contributed by atoms with van der Waals surface area (Å²) in [5.41, 5.74) is 1.86. The lowest BCUT2D eigenvalue weighted by atomic mass is 10.2. The molecule has 0 unspecified atom stereocenters. The molecule has 0 spiro atoms. The van der Waals surface area contributed by atoms with Gasteiger partial charge in [0.25, 0.3) is 5.56 Å². The van der Waals surface area contributed by atoms with Crippen LogP contribution in [-0.4, -0.2) is 40.2 Å². The number of ether oxygens (including phenoxy) is 1. The molecule has 4 rings (SSSR count). The zero-order valence-electron chi connectivity index (χ0n) is 19.4. The van der Waals surface area contributed by atoms with Crippen molar-refractivity contribution in [3.63, 3.8) is 0 Å². The lowest BCUT2D eigenvalue weighted by Crippen LogP contribution is -2.24. The number of hydrogen-bond donors (Lipinski definition) is 1. The van der Waals surface area contributed by atoms with Gasteiger partial charge in [-0.05, 0) is 56.9 Å². The summed E-state index contributed by atoms with van der Waals surface area (Å²) in [6, 6.07) is 15.1. The molecule has 0 atom stereocenters. The number of rotatable bonds is 10. The third kappa shape index (κ3) is 5.65. The van der Waals surface area contributed by atoms with E-state index in [0.29, 0.717) is 35.8 Å². The number of carbonyl (C=O) groups is 1. The standard InChI is InChI=1S/C25H27N3O4S2/c1-16(2)31-13-7-12-28-24(30)23-22(19-10-4-5-11-20(19)32-23)27-25(28)34-15-21(29)26-17-8-6-9-18(14-17)33-3/h4-6,8-11,14,16H,7,12-13,15H2,1-3H3,(H,26,29). The summed E-state index contributed by atoms with van der Waals surface area (Å²) in [5.74, 6) is -0.0379. The maximum atomic E-state index is 13.3. The van der Waals surface area contributed by atoms with Gasteiger partial charge < -0.3 is 14.5 Å². The number of fused-ring (bicyclic) bond motifs is 3. The molecule has 2 aromatic carbocycles. The average Bonchev–Trinajstić information content (AvgIpc) is 3.20. The average molecular weight is 498 g/mol. The zero-order chi connectivity index (χ0) is 24.1. The fourth-order valence-corrected chi connectivity index (χ4v) is 4.81. The van der Waals surface area contributed by atoms with Gasteiger partial charge in [0.2, 0.25) is 11.5 Å². The van der Waals surface area contributed by atoms with E-state index < -0.39 is 0 Å². The van der Waals surface area contributed by atoms with E-state index in [4.69, 9.17) is 14.1 Å². The van der Waals surface area contributed by atoms with Crippen molar-refractivity contribution < 1.29 is 13.9 Å². The number of furan rings is 1. The minimum atomic E-state index is -0.249. The molecule has 2 heterocycles. The number of hydrogen-bond acceptors (Lipinski definition) is 7. The van der Waals surface area contributed by atoms with Crippen molar-refractivity contribution in [2.75, 3.05) is 23.9 Å². The second-order valence-corrected chi connectivity index (χ2v) is 9.79. The van der Waals surface area contributed by atoms with Crippen molar-refractivity contribution in [1.82, 2.24) is 9.55 Å². The van der Waals surface area contributed by atoms with E-state index in [0.717, 1.165) is 16.0 Å². The maximum Gasteiger partial charge on any atom is 0.297 e. The van der Waals surface area contributed by atoms with Gasteiger partial charge in [0.05, 0.1) is 11.9 Å². The number of amides is 1. The number of para-hydroxylation sites is 1. The summed E-state index contributed by atoms with van der Waals surface area (Å²) in [6.07, 6.45) is 2.76. The number of carbonyl (C=O) groups excluding carboxylic acids is 1. The number of benzene rings is 2. The number of anilines is 1. The molecule has 4 aromatic rings. The Labute approximate surface area is 206 Å². The van der Waals surface area contributed by atoms with Crippen LogP contribution in [-0.2, 0) is 16.1 Å². The number of nitrogens with one attached hydrogen (secondary N) is 1. The summed E-state index contributed by atoms with van der Waals surface area (Å²) >= 11 is 2.86. The van der Waals surface area contributed by atoms with Crippen molar-refractivity contribution in [3.8, 4) is 0 Å². The van der Waals surface area contributed by atoms with Crippen LogP contribution in [0.3, 0.4) is 0 Å². The minimum absolute atomic E-state index is 0.120. The van der Waals surface area contributed by atoms with Crippen molar-refractivity contribution in [3.05, 3.63) is 58.9 Å². The molecule has 0 fully saturated rings. The topological polar surface area (TPSA) is 86.4 Å². The Morgan fingerprint density at radius 3 is 2.82 bits per heavy atom. The molecule has 0 aliphatic carbocycles. The smallest absolute Gasteiger partial charge is 0.297 e. The molecule has 9 heteroatoms. The molecule has 0 aliphatic heterocycles. The zero-order valence-corrected chi connectivity index (χ0v) is 21.0. The van der Waals surface area contributed by atoms with Crippen molar-refractivity contribution in [1.29, 1.82) is 0 Å².